The molecule has 0 radical (unpaired) electrons. The Morgan fingerprint density at radius 1 is 0.818 bits per heavy atom. The van der Waals surface area contributed by atoms with Crippen LogP contribution in [0, 0.1) is 0 Å². The summed E-state index contributed by atoms with van der Waals surface area (Å²) >= 11 is 3.58. The monoisotopic (exact) mass is 433 g/mol. The highest BCUT2D eigenvalue weighted by atomic mass is 79.9. The third kappa shape index (κ3) is 8.69. The SMILES string of the molecule is CCCC[N+](CCCC)(CCCCBr)Cc1ccccc1.[Br-]. The highest BCUT2D eigenvalue weighted by Crippen LogP contribution is 2.20. The molecule has 0 fully saturated rings. The van der Waals surface area contributed by atoms with Gasteiger partial charge in [-0.2, -0.15) is 0 Å². The maximum absolute atomic E-state index is 3.58. The summed E-state index contributed by atoms with van der Waals surface area (Å²) in [6, 6.07) is 11.1. The zero-order valence-electron chi connectivity index (χ0n) is 14.4. The summed E-state index contributed by atoms with van der Waals surface area (Å²) in [4.78, 5) is 0. The summed E-state index contributed by atoms with van der Waals surface area (Å²) in [5, 5.41) is 1.14. The molecule has 0 unspecified atom stereocenters. The van der Waals surface area contributed by atoms with Crippen molar-refractivity contribution in [2.75, 3.05) is 25.0 Å². The van der Waals surface area contributed by atoms with Crippen molar-refractivity contribution < 1.29 is 21.5 Å². The summed E-state index contributed by atoms with van der Waals surface area (Å²) in [5.74, 6) is 0. The minimum Gasteiger partial charge on any atom is -1.00 e. The second kappa shape index (κ2) is 13.6. The molecule has 1 aromatic carbocycles. The van der Waals surface area contributed by atoms with Gasteiger partial charge >= 0.3 is 0 Å². The molecule has 0 saturated carbocycles. The normalized spacial score (nSPS) is 11.2. The van der Waals surface area contributed by atoms with Gasteiger partial charge in [-0.1, -0.05) is 73.0 Å². The molecule has 0 saturated heterocycles. The largest absolute Gasteiger partial charge is 1.00 e. The van der Waals surface area contributed by atoms with Crippen molar-refractivity contribution in [1.82, 2.24) is 0 Å². The fraction of sp³-hybridized carbons (Fsp3) is 0.684. The smallest absolute Gasteiger partial charge is 0.104 e. The minimum atomic E-state index is 0. The van der Waals surface area contributed by atoms with Gasteiger partial charge in [0.2, 0.25) is 0 Å². The Kier molecular flexibility index (Phi) is 13.7. The number of alkyl halides is 1. The van der Waals surface area contributed by atoms with Gasteiger partial charge in [0, 0.05) is 10.9 Å². The van der Waals surface area contributed by atoms with Crippen LogP contribution in [0.5, 0.6) is 0 Å². The van der Waals surface area contributed by atoms with Crippen LogP contribution in [-0.4, -0.2) is 29.4 Å². The number of quaternary nitrogens is 1. The molecule has 0 N–H and O–H groups in total. The van der Waals surface area contributed by atoms with E-state index in [-0.39, 0.29) is 17.0 Å². The average molecular weight is 435 g/mol. The fourth-order valence-electron chi connectivity index (χ4n) is 3.07. The van der Waals surface area contributed by atoms with Crippen LogP contribution in [0.3, 0.4) is 0 Å². The highest BCUT2D eigenvalue weighted by molar-refractivity contribution is 9.09. The van der Waals surface area contributed by atoms with Crippen LogP contribution in [0.15, 0.2) is 30.3 Å². The van der Waals surface area contributed by atoms with Gasteiger partial charge in [-0.05, 0) is 25.7 Å². The predicted molar refractivity (Wildman–Crippen MR) is 97.9 cm³/mol. The second-order valence-electron chi connectivity index (χ2n) is 6.26. The first-order valence-corrected chi connectivity index (χ1v) is 9.83. The van der Waals surface area contributed by atoms with E-state index in [9.17, 15) is 0 Å². The molecule has 0 aliphatic carbocycles. The number of benzene rings is 1. The number of hydrogen-bond donors (Lipinski definition) is 0. The van der Waals surface area contributed by atoms with E-state index in [2.05, 4.69) is 60.1 Å². The molecule has 0 aliphatic heterocycles. The summed E-state index contributed by atoms with van der Waals surface area (Å²) < 4.78 is 1.29. The molecule has 1 aromatic rings. The molecular weight excluding hydrogens is 402 g/mol. The molecule has 0 aromatic heterocycles. The molecule has 22 heavy (non-hydrogen) atoms. The second-order valence-corrected chi connectivity index (χ2v) is 7.05. The summed E-state index contributed by atoms with van der Waals surface area (Å²) in [6.07, 6.45) is 7.95. The van der Waals surface area contributed by atoms with Gasteiger partial charge in [-0.25, -0.2) is 0 Å². The Hall–Kier alpha value is 0.140. The summed E-state index contributed by atoms with van der Waals surface area (Å²) in [5.41, 5.74) is 1.50. The molecule has 0 amide bonds. The van der Waals surface area contributed by atoms with Gasteiger partial charge in [0.1, 0.15) is 6.54 Å². The van der Waals surface area contributed by atoms with Crippen LogP contribution in [0.25, 0.3) is 0 Å². The Morgan fingerprint density at radius 3 is 1.86 bits per heavy atom. The Labute approximate surface area is 157 Å². The Bertz CT molecular complexity index is 346. The predicted octanol–water partition coefficient (Wildman–Crippen LogP) is 2.78. The van der Waals surface area contributed by atoms with Gasteiger partial charge < -0.3 is 21.5 Å². The van der Waals surface area contributed by atoms with Crippen LogP contribution in [0.1, 0.15) is 57.9 Å². The van der Waals surface area contributed by atoms with Gasteiger partial charge in [-0.3, -0.25) is 0 Å². The van der Waals surface area contributed by atoms with E-state index in [0.29, 0.717) is 0 Å². The number of rotatable bonds is 12. The van der Waals surface area contributed by atoms with Crippen molar-refractivity contribution in [2.24, 2.45) is 0 Å². The maximum Gasteiger partial charge on any atom is 0.104 e. The average Bonchev–Trinajstić information content (AvgIpc) is 2.52. The summed E-state index contributed by atoms with van der Waals surface area (Å²) in [7, 11) is 0. The molecule has 3 heteroatoms. The standard InChI is InChI=1S/C19H33BrN.BrH/c1-3-5-15-21(16-6-4-2,17-11-10-14-20)18-19-12-8-7-9-13-19;/h7-9,12-13H,3-6,10-11,14-18H2,1-2H3;1H/q+1;/p-1. The van der Waals surface area contributed by atoms with Crippen molar-refractivity contribution in [1.29, 1.82) is 0 Å². The minimum absolute atomic E-state index is 0. The van der Waals surface area contributed by atoms with Gasteiger partial charge in [-0.15, -0.1) is 0 Å². The lowest BCUT2D eigenvalue weighted by molar-refractivity contribution is -0.941. The zero-order valence-corrected chi connectivity index (χ0v) is 17.5. The lowest BCUT2D eigenvalue weighted by atomic mass is 10.1. The number of hydrogen-bond acceptors (Lipinski definition) is 0. The lowest BCUT2D eigenvalue weighted by Crippen LogP contribution is -3.00. The first-order valence-electron chi connectivity index (χ1n) is 8.71. The van der Waals surface area contributed by atoms with Crippen molar-refractivity contribution in [3.05, 3.63) is 35.9 Å². The van der Waals surface area contributed by atoms with Crippen LogP contribution in [0.4, 0.5) is 0 Å². The first kappa shape index (κ1) is 22.1. The molecule has 1 nitrogen and oxygen atoms in total. The number of halogens is 2. The van der Waals surface area contributed by atoms with Gasteiger partial charge in [0.25, 0.3) is 0 Å². The molecule has 0 heterocycles. The van der Waals surface area contributed by atoms with E-state index in [1.54, 1.807) is 0 Å². The van der Waals surface area contributed by atoms with E-state index in [1.807, 2.05) is 0 Å². The lowest BCUT2D eigenvalue weighted by Gasteiger charge is -2.39. The van der Waals surface area contributed by atoms with Crippen LogP contribution >= 0.6 is 15.9 Å². The van der Waals surface area contributed by atoms with Crippen molar-refractivity contribution in [2.45, 2.75) is 58.9 Å². The highest BCUT2D eigenvalue weighted by Gasteiger charge is 2.26. The van der Waals surface area contributed by atoms with Crippen molar-refractivity contribution in [3.8, 4) is 0 Å². The van der Waals surface area contributed by atoms with Crippen LogP contribution < -0.4 is 17.0 Å². The van der Waals surface area contributed by atoms with Crippen molar-refractivity contribution in [3.63, 3.8) is 0 Å². The third-order valence-corrected chi connectivity index (χ3v) is 4.91. The molecule has 128 valence electrons. The molecule has 0 aliphatic rings. The topological polar surface area (TPSA) is 0 Å². The zero-order chi connectivity index (χ0) is 15.4. The molecule has 0 bridgehead atoms. The first-order chi connectivity index (χ1) is 10.3. The third-order valence-electron chi connectivity index (χ3n) is 4.35. The quantitative estimate of drug-likeness (QED) is 0.269. The number of nitrogens with zero attached hydrogens (tertiary/aromatic N) is 1. The van der Waals surface area contributed by atoms with Crippen molar-refractivity contribution >= 4 is 15.9 Å². The van der Waals surface area contributed by atoms with E-state index >= 15 is 0 Å². The molecular formula is C19H33Br2N. The fourth-order valence-corrected chi connectivity index (χ4v) is 3.47. The van der Waals surface area contributed by atoms with E-state index < -0.39 is 0 Å². The Morgan fingerprint density at radius 2 is 1.36 bits per heavy atom. The van der Waals surface area contributed by atoms with Gasteiger partial charge in [0.15, 0.2) is 0 Å². The van der Waals surface area contributed by atoms with Gasteiger partial charge in [0.05, 0.1) is 19.6 Å². The van der Waals surface area contributed by atoms with Crippen LogP contribution in [-0.2, 0) is 6.54 Å². The molecule has 0 atom stereocenters. The summed E-state index contributed by atoms with van der Waals surface area (Å²) in [6.45, 7) is 9.86. The van der Waals surface area contributed by atoms with E-state index in [4.69, 9.17) is 0 Å². The van der Waals surface area contributed by atoms with E-state index in [1.165, 1.54) is 74.8 Å². The maximum atomic E-state index is 3.58. The Balaban J connectivity index is 0.00000441. The molecule has 0 spiro atoms. The number of unbranched alkanes of at least 4 members (excludes halogenated alkanes) is 3. The van der Waals surface area contributed by atoms with Crippen LogP contribution in [0.2, 0.25) is 0 Å². The molecule has 1 rings (SSSR count). The van der Waals surface area contributed by atoms with E-state index in [0.717, 1.165) is 5.33 Å².